The monoisotopic (exact) mass is 344 g/mol. The van der Waals surface area contributed by atoms with Crippen LogP contribution >= 0.6 is 0 Å². The molecule has 2 atom stereocenters. The van der Waals surface area contributed by atoms with E-state index in [0.29, 0.717) is 19.5 Å². The van der Waals surface area contributed by atoms with Crippen LogP contribution < -0.4 is 15.5 Å². The number of hydrogen-bond acceptors (Lipinski definition) is 3. The first-order chi connectivity index (χ1) is 12.1. The Bertz CT molecular complexity index is 592. The molecule has 3 amide bonds. The minimum atomic E-state index is 0.00510. The van der Waals surface area contributed by atoms with Crippen LogP contribution in [0.4, 0.5) is 10.5 Å². The van der Waals surface area contributed by atoms with E-state index in [1.807, 2.05) is 30.1 Å². The summed E-state index contributed by atoms with van der Waals surface area (Å²) >= 11 is 0. The second-order valence-corrected chi connectivity index (χ2v) is 7.01. The molecule has 2 aliphatic rings. The maximum absolute atomic E-state index is 12.7. The Kier molecular flexibility index (Phi) is 5.79. The highest BCUT2D eigenvalue weighted by Crippen LogP contribution is 2.27. The molecule has 6 heteroatoms. The van der Waals surface area contributed by atoms with Crippen LogP contribution in [0, 0.1) is 5.92 Å². The molecule has 2 saturated heterocycles. The molecule has 2 aliphatic heterocycles. The summed E-state index contributed by atoms with van der Waals surface area (Å²) in [5, 5.41) is 5.96. The molecule has 1 aromatic rings. The van der Waals surface area contributed by atoms with Gasteiger partial charge in [-0.15, -0.1) is 0 Å². The Morgan fingerprint density at radius 1 is 1.32 bits per heavy atom. The largest absolute Gasteiger partial charge is 0.373 e. The summed E-state index contributed by atoms with van der Waals surface area (Å²) in [5.74, 6) is 0.367. The third-order valence-corrected chi connectivity index (χ3v) is 5.28. The van der Waals surface area contributed by atoms with Gasteiger partial charge in [-0.3, -0.25) is 4.79 Å². The zero-order valence-electron chi connectivity index (χ0n) is 14.9. The van der Waals surface area contributed by atoms with Crippen LogP contribution in [0.25, 0.3) is 0 Å². The summed E-state index contributed by atoms with van der Waals surface area (Å²) in [4.78, 5) is 28.3. The Hall–Kier alpha value is -2.24. The van der Waals surface area contributed by atoms with Crippen LogP contribution in [0.1, 0.15) is 25.7 Å². The fraction of sp³-hybridized carbons (Fsp3) is 0.579. The van der Waals surface area contributed by atoms with E-state index in [9.17, 15) is 9.59 Å². The molecular formula is C19H28N4O2. The lowest BCUT2D eigenvalue weighted by atomic mass is 9.90. The lowest BCUT2D eigenvalue weighted by Gasteiger charge is -2.38. The first-order valence-electron chi connectivity index (χ1n) is 9.22. The van der Waals surface area contributed by atoms with Crippen LogP contribution in [0.2, 0.25) is 0 Å². The van der Waals surface area contributed by atoms with Crippen LogP contribution in [-0.4, -0.2) is 56.1 Å². The van der Waals surface area contributed by atoms with E-state index in [2.05, 4.69) is 27.7 Å². The van der Waals surface area contributed by atoms with Crippen molar-refractivity contribution in [1.29, 1.82) is 0 Å². The van der Waals surface area contributed by atoms with Gasteiger partial charge in [-0.1, -0.05) is 18.2 Å². The predicted molar refractivity (Wildman–Crippen MR) is 98.6 cm³/mol. The van der Waals surface area contributed by atoms with Gasteiger partial charge in [0.15, 0.2) is 0 Å². The number of rotatable bonds is 5. The van der Waals surface area contributed by atoms with E-state index in [1.54, 1.807) is 0 Å². The number of anilines is 1. The van der Waals surface area contributed by atoms with Gasteiger partial charge in [0.1, 0.15) is 0 Å². The minimum absolute atomic E-state index is 0.00510. The number of likely N-dealkylation sites (N-methyl/N-ethyl adjacent to an activating group) is 1. The maximum atomic E-state index is 12.7. The van der Waals surface area contributed by atoms with Crippen molar-refractivity contribution in [3.05, 3.63) is 30.3 Å². The number of hydrogen-bond donors (Lipinski definition) is 2. The average molecular weight is 344 g/mol. The number of nitrogens with zero attached hydrogens (tertiary/aromatic N) is 2. The third-order valence-electron chi connectivity index (χ3n) is 5.28. The van der Waals surface area contributed by atoms with E-state index in [1.165, 1.54) is 0 Å². The molecule has 0 bridgehead atoms. The van der Waals surface area contributed by atoms with Gasteiger partial charge in [0.25, 0.3) is 0 Å². The molecule has 2 fully saturated rings. The smallest absolute Gasteiger partial charge is 0.317 e. The van der Waals surface area contributed by atoms with Crippen molar-refractivity contribution in [3.63, 3.8) is 0 Å². The maximum Gasteiger partial charge on any atom is 0.317 e. The molecule has 2 N–H and O–H groups in total. The second-order valence-electron chi connectivity index (χ2n) is 7.01. The van der Waals surface area contributed by atoms with Crippen LogP contribution in [0.5, 0.6) is 0 Å². The van der Waals surface area contributed by atoms with E-state index in [-0.39, 0.29) is 23.9 Å². The number of carbonyl (C=O) groups excluding carboxylic acids is 2. The molecule has 0 aromatic heterocycles. The number of piperidine rings is 1. The van der Waals surface area contributed by atoms with Gasteiger partial charge in [-0.2, -0.15) is 0 Å². The van der Waals surface area contributed by atoms with Crippen molar-refractivity contribution in [1.82, 2.24) is 15.5 Å². The SMILES string of the molecule is CN(CCNC(=O)N1CCCC[C@H]1[C@@H]1CNC(=O)C1)c1ccccc1. The van der Waals surface area contributed by atoms with Crippen molar-refractivity contribution in [2.45, 2.75) is 31.7 Å². The van der Waals surface area contributed by atoms with E-state index in [0.717, 1.165) is 38.0 Å². The molecule has 1 aromatic carbocycles. The zero-order chi connectivity index (χ0) is 17.6. The standard InChI is InChI=1S/C19H28N4O2/c1-22(16-7-3-2-4-8-16)12-10-20-19(25)23-11-6-5-9-17(23)15-13-18(24)21-14-15/h2-4,7-8,15,17H,5-6,9-14H2,1H3,(H,20,25)(H,21,24)/t15-,17-/m0/s1. The topological polar surface area (TPSA) is 64.7 Å². The van der Waals surface area contributed by atoms with Crippen molar-refractivity contribution < 1.29 is 9.59 Å². The molecule has 0 saturated carbocycles. The highest BCUT2D eigenvalue weighted by atomic mass is 16.2. The lowest BCUT2D eigenvalue weighted by molar-refractivity contribution is -0.119. The Balaban J connectivity index is 1.50. The molecule has 6 nitrogen and oxygen atoms in total. The number of benzene rings is 1. The van der Waals surface area contributed by atoms with Gasteiger partial charge < -0.3 is 20.4 Å². The Morgan fingerprint density at radius 2 is 2.12 bits per heavy atom. The fourth-order valence-electron chi connectivity index (χ4n) is 3.84. The number of urea groups is 1. The van der Waals surface area contributed by atoms with Gasteiger partial charge in [-0.25, -0.2) is 4.79 Å². The fourth-order valence-corrected chi connectivity index (χ4v) is 3.84. The summed E-state index contributed by atoms with van der Waals surface area (Å²) in [7, 11) is 2.03. The first kappa shape index (κ1) is 17.6. The zero-order valence-corrected chi connectivity index (χ0v) is 14.9. The van der Waals surface area contributed by atoms with Crippen LogP contribution in [0.15, 0.2) is 30.3 Å². The van der Waals surface area contributed by atoms with E-state index >= 15 is 0 Å². The van der Waals surface area contributed by atoms with Gasteiger partial charge in [-0.05, 0) is 31.4 Å². The molecule has 2 heterocycles. The number of likely N-dealkylation sites (tertiary alicyclic amines) is 1. The molecular weight excluding hydrogens is 316 g/mol. The molecule has 3 rings (SSSR count). The van der Waals surface area contributed by atoms with Crippen molar-refractivity contribution >= 4 is 17.6 Å². The number of amides is 3. The molecule has 0 unspecified atom stereocenters. The highest BCUT2D eigenvalue weighted by molar-refractivity contribution is 5.79. The van der Waals surface area contributed by atoms with E-state index < -0.39 is 0 Å². The van der Waals surface area contributed by atoms with Gasteiger partial charge >= 0.3 is 6.03 Å². The van der Waals surface area contributed by atoms with Crippen LogP contribution in [0.3, 0.4) is 0 Å². The molecule has 136 valence electrons. The van der Waals surface area contributed by atoms with Gasteiger partial charge in [0, 0.05) is 57.3 Å². The third kappa shape index (κ3) is 4.44. The number of nitrogens with one attached hydrogen (secondary N) is 2. The molecule has 0 aliphatic carbocycles. The van der Waals surface area contributed by atoms with Crippen molar-refractivity contribution in [3.8, 4) is 0 Å². The summed E-state index contributed by atoms with van der Waals surface area (Å²) < 4.78 is 0. The molecule has 25 heavy (non-hydrogen) atoms. The molecule has 0 spiro atoms. The Morgan fingerprint density at radius 3 is 2.84 bits per heavy atom. The average Bonchev–Trinajstić information content (AvgIpc) is 3.08. The highest BCUT2D eigenvalue weighted by Gasteiger charge is 2.36. The number of para-hydroxylation sites is 1. The Labute approximate surface area is 149 Å². The first-order valence-corrected chi connectivity index (χ1v) is 9.22. The number of carbonyl (C=O) groups is 2. The minimum Gasteiger partial charge on any atom is -0.373 e. The van der Waals surface area contributed by atoms with E-state index in [4.69, 9.17) is 0 Å². The summed E-state index contributed by atoms with van der Waals surface area (Å²) in [6.45, 7) is 2.85. The predicted octanol–water partition coefficient (Wildman–Crippen LogP) is 1.82. The van der Waals surface area contributed by atoms with Gasteiger partial charge in [0.2, 0.25) is 5.91 Å². The summed E-state index contributed by atoms with van der Waals surface area (Å²) in [6, 6.07) is 10.3. The summed E-state index contributed by atoms with van der Waals surface area (Å²) in [6.07, 6.45) is 3.72. The van der Waals surface area contributed by atoms with Crippen molar-refractivity contribution in [2.75, 3.05) is 38.1 Å². The second kappa shape index (κ2) is 8.23. The lowest BCUT2D eigenvalue weighted by Crippen LogP contribution is -2.52. The van der Waals surface area contributed by atoms with Crippen LogP contribution in [-0.2, 0) is 4.79 Å². The normalized spacial score (nSPS) is 23.2. The molecule has 0 radical (unpaired) electrons. The van der Waals surface area contributed by atoms with Crippen molar-refractivity contribution in [2.24, 2.45) is 5.92 Å². The summed E-state index contributed by atoms with van der Waals surface area (Å²) in [5.41, 5.74) is 1.14. The van der Waals surface area contributed by atoms with Gasteiger partial charge in [0.05, 0.1) is 0 Å². The quantitative estimate of drug-likeness (QED) is 0.856.